The summed E-state index contributed by atoms with van der Waals surface area (Å²) in [7, 11) is 1.68. The van der Waals surface area contributed by atoms with E-state index in [9.17, 15) is 0 Å². The van der Waals surface area contributed by atoms with Crippen LogP contribution in [0.5, 0.6) is 5.75 Å². The Morgan fingerprint density at radius 1 is 1.11 bits per heavy atom. The average Bonchev–Trinajstić information content (AvgIpc) is 2.38. The van der Waals surface area contributed by atoms with Gasteiger partial charge in [0.1, 0.15) is 5.75 Å². The minimum absolute atomic E-state index is 0.627. The fourth-order valence-corrected chi connectivity index (χ4v) is 2.40. The zero-order valence-corrected chi connectivity index (χ0v) is 11.5. The fraction of sp³-hybridized carbons (Fsp3) is 0.571. The van der Waals surface area contributed by atoms with Gasteiger partial charge in [-0.3, -0.25) is 4.90 Å². The number of rotatable bonds is 3. The molecule has 1 aromatic rings. The molecule has 1 heterocycles. The van der Waals surface area contributed by atoms with Crippen LogP contribution in [0.2, 0.25) is 0 Å². The number of nitrogen functional groups attached to an aromatic ring is 1. The number of nitrogens with zero attached hydrogens (tertiary/aromatic N) is 2. The van der Waals surface area contributed by atoms with Crippen molar-refractivity contribution < 1.29 is 4.74 Å². The summed E-state index contributed by atoms with van der Waals surface area (Å²) in [6, 6.07) is 6.56. The van der Waals surface area contributed by atoms with Crippen molar-refractivity contribution in [2.75, 3.05) is 43.9 Å². The number of methoxy groups -OCH3 is 1. The van der Waals surface area contributed by atoms with Crippen LogP contribution in [0.15, 0.2) is 18.2 Å². The van der Waals surface area contributed by atoms with E-state index < -0.39 is 0 Å². The lowest BCUT2D eigenvalue weighted by atomic mass is 10.2. The van der Waals surface area contributed by atoms with Crippen molar-refractivity contribution in [3.8, 4) is 5.75 Å². The summed E-state index contributed by atoms with van der Waals surface area (Å²) in [5.41, 5.74) is 7.82. The summed E-state index contributed by atoms with van der Waals surface area (Å²) in [6.07, 6.45) is 0. The Kier molecular flexibility index (Phi) is 3.97. The van der Waals surface area contributed by atoms with Gasteiger partial charge < -0.3 is 15.4 Å². The molecule has 0 saturated carbocycles. The maximum Gasteiger partial charge on any atom is 0.122 e. The van der Waals surface area contributed by atoms with Gasteiger partial charge in [-0.05, 0) is 19.9 Å². The van der Waals surface area contributed by atoms with Crippen LogP contribution < -0.4 is 15.4 Å². The minimum atomic E-state index is 0.627. The van der Waals surface area contributed by atoms with Crippen molar-refractivity contribution >= 4 is 11.4 Å². The number of hydrogen-bond donors (Lipinski definition) is 1. The van der Waals surface area contributed by atoms with Crippen LogP contribution in [0.1, 0.15) is 13.8 Å². The number of ether oxygens (including phenoxy) is 1. The first kappa shape index (κ1) is 13.0. The SMILES string of the molecule is COc1cc(N)cc(N2CCN(C(C)C)CC2)c1. The molecule has 2 rings (SSSR count). The second kappa shape index (κ2) is 5.48. The highest BCUT2D eigenvalue weighted by Gasteiger charge is 2.19. The Bertz CT molecular complexity index is 398. The highest BCUT2D eigenvalue weighted by molar-refractivity contribution is 5.60. The molecule has 0 amide bonds. The topological polar surface area (TPSA) is 41.7 Å². The molecule has 0 radical (unpaired) electrons. The smallest absolute Gasteiger partial charge is 0.122 e. The lowest BCUT2D eigenvalue weighted by Crippen LogP contribution is -2.48. The molecule has 1 aromatic carbocycles. The van der Waals surface area contributed by atoms with Crippen LogP contribution in [-0.2, 0) is 0 Å². The second-order valence-electron chi connectivity index (χ2n) is 5.08. The molecular formula is C14H23N3O. The van der Waals surface area contributed by atoms with Crippen LogP contribution in [0.4, 0.5) is 11.4 Å². The largest absolute Gasteiger partial charge is 0.497 e. The lowest BCUT2D eigenvalue weighted by Gasteiger charge is -2.38. The third kappa shape index (κ3) is 2.88. The summed E-state index contributed by atoms with van der Waals surface area (Å²) >= 11 is 0. The van der Waals surface area contributed by atoms with Gasteiger partial charge in [-0.15, -0.1) is 0 Å². The molecule has 4 nitrogen and oxygen atoms in total. The quantitative estimate of drug-likeness (QED) is 0.830. The number of nitrogens with two attached hydrogens (primary N) is 1. The Hall–Kier alpha value is -1.42. The zero-order chi connectivity index (χ0) is 13.1. The number of piperazine rings is 1. The Labute approximate surface area is 109 Å². The van der Waals surface area contributed by atoms with Gasteiger partial charge in [0.2, 0.25) is 0 Å². The van der Waals surface area contributed by atoms with Gasteiger partial charge in [0, 0.05) is 55.7 Å². The molecule has 0 bridgehead atoms. The minimum Gasteiger partial charge on any atom is -0.497 e. The van der Waals surface area contributed by atoms with Crippen molar-refractivity contribution in [3.63, 3.8) is 0 Å². The van der Waals surface area contributed by atoms with E-state index in [1.807, 2.05) is 12.1 Å². The van der Waals surface area contributed by atoms with Crippen molar-refractivity contribution in [1.29, 1.82) is 0 Å². The molecule has 0 unspecified atom stereocenters. The fourth-order valence-electron chi connectivity index (χ4n) is 2.40. The highest BCUT2D eigenvalue weighted by atomic mass is 16.5. The molecular weight excluding hydrogens is 226 g/mol. The van der Waals surface area contributed by atoms with Crippen LogP contribution in [-0.4, -0.2) is 44.2 Å². The van der Waals surface area contributed by atoms with Crippen LogP contribution in [0.25, 0.3) is 0 Å². The molecule has 1 saturated heterocycles. The summed E-state index contributed by atoms with van der Waals surface area (Å²) in [5.74, 6) is 0.830. The average molecular weight is 249 g/mol. The maximum absolute atomic E-state index is 5.90. The van der Waals surface area contributed by atoms with Gasteiger partial charge >= 0.3 is 0 Å². The summed E-state index contributed by atoms with van der Waals surface area (Å²) in [4.78, 5) is 4.87. The van der Waals surface area contributed by atoms with E-state index in [0.29, 0.717) is 6.04 Å². The lowest BCUT2D eigenvalue weighted by molar-refractivity contribution is 0.209. The Morgan fingerprint density at radius 2 is 1.78 bits per heavy atom. The molecule has 1 fully saturated rings. The van der Waals surface area contributed by atoms with Gasteiger partial charge in [0.25, 0.3) is 0 Å². The van der Waals surface area contributed by atoms with E-state index in [2.05, 4.69) is 29.7 Å². The normalized spacial score (nSPS) is 17.2. The predicted molar refractivity (Wildman–Crippen MR) is 76.3 cm³/mol. The Morgan fingerprint density at radius 3 is 2.33 bits per heavy atom. The summed E-state index contributed by atoms with van der Waals surface area (Å²) in [6.45, 7) is 8.80. The van der Waals surface area contributed by atoms with Crippen LogP contribution >= 0.6 is 0 Å². The molecule has 0 aromatic heterocycles. The van der Waals surface area contributed by atoms with E-state index >= 15 is 0 Å². The van der Waals surface area contributed by atoms with E-state index in [4.69, 9.17) is 10.5 Å². The molecule has 0 atom stereocenters. The second-order valence-corrected chi connectivity index (χ2v) is 5.08. The van der Waals surface area contributed by atoms with Crippen molar-refractivity contribution in [2.24, 2.45) is 0 Å². The van der Waals surface area contributed by atoms with Crippen molar-refractivity contribution in [3.05, 3.63) is 18.2 Å². The van der Waals surface area contributed by atoms with Gasteiger partial charge in [-0.1, -0.05) is 0 Å². The summed E-state index contributed by atoms with van der Waals surface area (Å²) in [5, 5.41) is 0. The molecule has 0 spiro atoms. The monoisotopic (exact) mass is 249 g/mol. The van der Waals surface area contributed by atoms with E-state index in [1.54, 1.807) is 7.11 Å². The van der Waals surface area contributed by atoms with Crippen molar-refractivity contribution in [2.45, 2.75) is 19.9 Å². The molecule has 18 heavy (non-hydrogen) atoms. The predicted octanol–water partition coefficient (Wildman–Crippen LogP) is 1.81. The van der Waals surface area contributed by atoms with Gasteiger partial charge in [0.05, 0.1) is 7.11 Å². The van der Waals surface area contributed by atoms with E-state index in [1.165, 1.54) is 0 Å². The van der Waals surface area contributed by atoms with Crippen molar-refractivity contribution in [1.82, 2.24) is 4.90 Å². The third-order valence-electron chi connectivity index (χ3n) is 3.56. The summed E-state index contributed by atoms with van der Waals surface area (Å²) < 4.78 is 5.27. The number of benzene rings is 1. The third-order valence-corrected chi connectivity index (χ3v) is 3.56. The first-order chi connectivity index (χ1) is 8.60. The standard InChI is InChI=1S/C14H23N3O/c1-11(2)16-4-6-17(7-5-16)13-8-12(15)9-14(10-13)18-3/h8-11H,4-7,15H2,1-3H3. The molecule has 2 N–H and O–H groups in total. The Balaban J connectivity index is 2.07. The molecule has 100 valence electrons. The van der Waals surface area contributed by atoms with E-state index in [0.717, 1.165) is 43.3 Å². The van der Waals surface area contributed by atoms with Gasteiger partial charge in [-0.2, -0.15) is 0 Å². The van der Waals surface area contributed by atoms with Gasteiger partial charge in [0.15, 0.2) is 0 Å². The van der Waals surface area contributed by atoms with Gasteiger partial charge in [-0.25, -0.2) is 0 Å². The molecule has 1 aliphatic heterocycles. The molecule has 4 heteroatoms. The maximum atomic E-state index is 5.90. The first-order valence-corrected chi connectivity index (χ1v) is 6.53. The zero-order valence-electron chi connectivity index (χ0n) is 11.5. The first-order valence-electron chi connectivity index (χ1n) is 6.53. The van der Waals surface area contributed by atoms with Crippen LogP contribution in [0.3, 0.4) is 0 Å². The molecule has 0 aliphatic carbocycles. The number of hydrogen-bond acceptors (Lipinski definition) is 4. The van der Waals surface area contributed by atoms with Crippen LogP contribution in [0, 0.1) is 0 Å². The van der Waals surface area contributed by atoms with E-state index in [-0.39, 0.29) is 0 Å². The highest BCUT2D eigenvalue weighted by Crippen LogP contribution is 2.26. The molecule has 1 aliphatic rings. The number of anilines is 2.